The Labute approximate surface area is 291 Å². The lowest BCUT2D eigenvalue weighted by Gasteiger charge is -2.23. The Balaban J connectivity index is 1.25. The van der Waals surface area contributed by atoms with Crippen LogP contribution in [0.1, 0.15) is 35.2 Å². The van der Waals surface area contributed by atoms with E-state index in [0.29, 0.717) is 45.9 Å². The highest BCUT2D eigenvalue weighted by Crippen LogP contribution is 2.46. The largest absolute Gasteiger partial charge is 0.507 e. The van der Waals surface area contributed by atoms with Crippen molar-refractivity contribution < 1.29 is 24.2 Å². The van der Waals surface area contributed by atoms with Gasteiger partial charge in [-0.1, -0.05) is 132 Å². The van der Waals surface area contributed by atoms with Crippen LogP contribution in [0, 0.1) is 0 Å². The highest BCUT2D eigenvalue weighted by molar-refractivity contribution is 8.00. The highest BCUT2D eigenvalue weighted by Gasteiger charge is 2.48. The van der Waals surface area contributed by atoms with Crippen molar-refractivity contribution >= 4 is 56.5 Å². The van der Waals surface area contributed by atoms with Gasteiger partial charge < -0.3 is 14.6 Å². The van der Waals surface area contributed by atoms with Gasteiger partial charge in [-0.25, -0.2) is 0 Å². The van der Waals surface area contributed by atoms with Gasteiger partial charge in [0.25, 0.3) is 5.78 Å². The van der Waals surface area contributed by atoms with Crippen LogP contribution < -0.4 is 14.4 Å². The van der Waals surface area contributed by atoms with Gasteiger partial charge in [0.2, 0.25) is 5.13 Å². The fourth-order valence-electron chi connectivity index (χ4n) is 5.83. The van der Waals surface area contributed by atoms with Crippen LogP contribution in [-0.4, -0.2) is 33.6 Å². The molecule has 1 N–H and O–H groups in total. The number of Topliss-reactive ketones (excluding diaryl/α,β-unsaturated/α-hetero) is 1. The first-order valence-electron chi connectivity index (χ1n) is 15.7. The third-order valence-corrected chi connectivity index (χ3v) is 10.2. The van der Waals surface area contributed by atoms with Gasteiger partial charge in [0, 0.05) is 11.3 Å². The van der Waals surface area contributed by atoms with Crippen LogP contribution in [0.3, 0.4) is 0 Å². The normalized spacial score (nSPS) is 15.5. The third kappa shape index (κ3) is 6.65. The second-order valence-corrected chi connectivity index (χ2v) is 13.4. The number of nitrogens with zero attached hydrogens (tertiary/aromatic N) is 3. The molecule has 0 saturated carbocycles. The molecule has 0 spiro atoms. The number of fused-ring (bicyclic) bond motifs is 1. The summed E-state index contributed by atoms with van der Waals surface area (Å²) in [6.45, 7) is 2.56. The first kappa shape index (κ1) is 32.1. The number of aromatic nitrogens is 2. The molecule has 1 aliphatic heterocycles. The Morgan fingerprint density at radius 3 is 2.37 bits per heavy atom. The number of hydrogen-bond donors (Lipinski definition) is 1. The van der Waals surface area contributed by atoms with Gasteiger partial charge in [0.1, 0.15) is 12.4 Å². The van der Waals surface area contributed by atoms with E-state index in [2.05, 4.69) is 34.5 Å². The SMILES string of the molecule is CCOc1cc(C2C(=C(O)c3ccccc3)C(=O)C(=O)N2c2nnc(SCc3cccc4ccccc34)s2)ccc1OCc1ccccc1. The summed E-state index contributed by atoms with van der Waals surface area (Å²) < 4.78 is 12.8. The van der Waals surface area contributed by atoms with E-state index in [1.807, 2.05) is 61.5 Å². The number of aliphatic hydroxyl groups excluding tert-OH is 1. The van der Waals surface area contributed by atoms with E-state index >= 15 is 0 Å². The smallest absolute Gasteiger partial charge is 0.301 e. The van der Waals surface area contributed by atoms with Gasteiger partial charge in [-0.3, -0.25) is 14.5 Å². The molecule has 1 amide bonds. The maximum Gasteiger partial charge on any atom is 0.301 e. The van der Waals surface area contributed by atoms with E-state index in [9.17, 15) is 14.7 Å². The van der Waals surface area contributed by atoms with Crippen molar-refractivity contribution in [2.45, 2.75) is 29.7 Å². The topological polar surface area (TPSA) is 102 Å². The molecule has 1 aromatic heterocycles. The van der Waals surface area contributed by atoms with E-state index in [1.54, 1.807) is 42.5 Å². The molecule has 2 heterocycles. The van der Waals surface area contributed by atoms with Crippen molar-refractivity contribution in [2.75, 3.05) is 11.5 Å². The molecule has 6 aromatic rings. The van der Waals surface area contributed by atoms with Crippen LogP contribution in [0.25, 0.3) is 16.5 Å². The molecule has 1 aliphatic rings. The molecule has 0 radical (unpaired) electrons. The zero-order valence-corrected chi connectivity index (χ0v) is 28.1. The monoisotopic (exact) mass is 685 g/mol. The first-order valence-corrected chi connectivity index (χ1v) is 17.5. The van der Waals surface area contributed by atoms with Gasteiger partial charge in [-0.05, 0) is 46.5 Å². The fraction of sp³-hybridized carbons (Fsp3) is 0.128. The van der Waals surface area contributed by atoms with Crippen LogP contribution in [0.5, 0.6) is 11.5 Å². The van der Waals surface area contributed by atoms with E-state index in [-0.39, 0.29) is 16.5 Å². The average molecular weight is 686 g/mol. The van der Waals surface area contributed by atoms with Crippen LogP contribution >= 0.6 is 23.1 Å². The maximum atomic E-state index is 13.8. The second-order valence-electron chi connectivity index (χ2n) is 11.2. The zero-order chi connectivity index (χ0) is 33.7. The molecule has 7 rings (SSSR count). The summed E-state index contributed by atoms with van der Waals surface area (Å²) in [6, 6.07) is 37.2. The van der Waals surface area contributed by atoms with Crippen molar-refractivity contribution in [3.05, 3.63) is 149 Å². The Hall–Kier alpha value is -5.45. The number of carbonyl (C=O) groups excluding carboxylic acids is 2. The number of benzene rings is 5. The predicted molar refractivity (Wildman–Crippen MR) is 193 cm³/mol. The van der Waals surface area contributed by atoms with Crippen LogP contribution in [0.15, 0.2) is 131 Å². The first-order chi connectivity index (χ1) is 24.0. The number of ether oxygens (including phenoxy) is 2. The summed E-state index contributed by atoms with van der Waals surface area (Å²) in [5.41, 5.74) is 3.07. The number of rotatable bonds is 11. The minimum atomic E-state index is -0.994. The standard InChI is InChI=1S/C39H31N3O5S2/c1-2-46-32-22-28(20-21-31(32)47-23-25-12-5-3-6-13-25)34-33(35(43)27-15-7-4-8-16-27)36(44)37(45)42(34)38-40-41-39(49-38)48-24-29-18-11-17-26-14-9-10-19-30(26)29/h3-22,34,43H,2,23-24H2,1H3. The summed E-state index contributed by atoms with van der Waals surface area (Å²) >= 11 is 2.74. The molecule has 0 bridgehead atoms. The van der Waals surface area contributed by atoms with Crippen LogP contribution in [-0.2, 0) is 21.9 Å². The summed E-state index contributed by atoms with van der Waals surface area (Å²) in [7, 11) is 0. The minimum Gasteiger partial charge on any atom is -0.507 e. The lowest BCUT2D eigenvalue weighted by molar-refractivity contribution is -0.132. The number of amides is 1. The van der Waals surface area contributed by atoms with Crippen molar-refractivity contribution in [3.8, 4) is 11.5 Å². The molecule has 49 heavy (non-hydrogen) atoms. The number of carbonyl (C=O) groups is 2. The molecular weight excluding hydrogens is 655 g/mol. The van der Waals surface area contributed by atoms with Crippen molar-refractivity contribution in [1.82, 2.24) is 10.2 Å². The number of anilines is 1. The van der Waals surface area contributed by atoms with Gasteiger partial charge in [0.15, 0.2) is 15.8 Å². The van der Waals surface area contributed by atoms with Gasteiger partial charge >= 0.3 is 5.91 Å². The molecule has 1 atom stereocenters. The summed E-state index contributed by atoms with van der Waals surface area (Å²) in [6.07, 6.45) is 0. The lowest BCUT2D eigenvalue weighted by Crippen LogP contribution is -2.29. The van der Waals surface area contributed by atoms with E-state index in [4.69, 9.17) is 9.47 Å². The van der Waals surface area contributed by atoms with Crippen LogP contribution in [0.4, 0.5) is 5.13 Å². The Kier molecular flexibility index (Phi) is 9.40. The number of aliphatic hydroxyl groups is 1. The van der Waals surface area contributed by atoms with E-state index in [1.165, 1.54) is 28.0 Å². The number of ketones is 1. The average Bonchev–Trinajstić information content (AvgIpc) is 3.72. The minimum absolute atomic E-state index is 0.0447. The molecule has 1 fully saturated rings. The van der Waals surface area contributed by atoms with E-state index < -0.39 is 17.7 Å². The van der Waals surface area contributed by atoms with Crippen molar-refractivity contribution in [2.24, 2.45) is 0 Å². The third-order valence-electron chi connectivity index (χ3n) is 8.15. The van der Waals surface area contributed by atoms with Gasteiger partial charge in [0.05, 0.1) is 18.2 Å². The predicted octanol–water partition coefficient (Wildman–Crippen LogP) is 8.59. The molecule has 1 saturated heterocycles. The summed E-state index contributed by atoms with van der Waals surface area (Å²) in [5.74, 6) is -0.277. The number of thioether (sulfide) groups is 1. The second kappa shape index (κ2) is 14.3. The fourth-order valence-corrected chi connectivity index (χ4v) is 7.70. The Bertz CT molecular complexity index is 2160. The lowest BCUT2D eigenvalue weighted by atomic mass is 9.95. The molecule has 0 aliphatic carbocycles. The molecule has 5 aromatic carbocycles. The quantitative estimate of drug-likeness (QED) is 0.0476. The molecule has 10 heteroatoms. The highest BCUT2D eigenvalue weighted by atomic mass is 32.2. The van der Waals surface area contributed by atoms with Gasteiger partial charge in [-0.2, -0.15) is 0 Å². The summed E-state index contributed by atoms with van der Waals surface area (Å²) in [4.78, 5) is 28.9. The van der Waals surface area contributed by atoms with Gasteiger partial charge in [-0.15, -0.1) is 10.2 Å². The molecule has 244 valence electrons. The van der Waals surface area contributed by atoms with Crippen molar-refractivity contribution in [1.29, 1.82) is 0 Å². The Morgan fingerprint density at radius 2 is 1.57 bits per heavy atom. The molecule has 8 nitrogen and oxygen atoms in total. The van der Waals surface area contributed by atoms with Crippen molar-refractivity contribution in [3.63, 3.8) is 0 Å². The maximum absolute atomic E-state index is 13.8. The van der Waals surface area contributed by atoms with E-state index in [0.717, 1.165) is 21.9 Å². The molecule has 1 unspecified atom stereocenters. The number of hydrogen-bond acceptors (Lipinski definition) is 9. The van der Waals surface area contributed by atoms with Crippen LogP contribution in [0.2, 0.25) is 0 Å². The zero-order valence-electron chi connectivity index (χ0n) is 26.5. The Morgan fingerprint density at radius 1 is 0.837 bits per heavy atom. The molecular formula is C39H31N3O5S2. The summed E-state index contributed by atoms with van der Waals surface area (Å²) in [5, 5.41) is 22.9.